The average Bonchev–Trinajstić information content (AvgIpc) is 2.98. The van der Waals surface area contributed by atoms with E-state index in [0.29, 0.717) is 11.7 Å². The van der Waals surface area contributed by atoms with Gasteiger partial charge in [-0.1, -0.05) is 19.9 Å². The highest BCUT2D eigenvalue weighted by Crippen LogP contribution is 2.31. The molecule has 1 N–H and O–H groups in total. The summed E-state index contributed by atoms with van der Waals surface area (Å²) in [5.74, 6) is 0. The molecule has 1 atom stereocenters. The van der Waals surface area contributed by atoms with Gasteiger partial charge in [0.15, 0.2) is 0 Å². The van der Waals surface area contributed by atoms with Crippen LogP contribution in [0.5, 0.6) is 0 Å². The number of fused-ring (bicyclic) bond motifs is 3. The highest BCUT2D eigenvalue weighted by molar-refractivity contribution is 5.86. The van der Waals surface area contributed by atoms with E-state index in [2.05, 4.69) is 41.9 Å². The third-order valence-corrected chi connectivity index (χ3v) is 4.86. The molecule has 3 rings (SSSR count). The fourth-order valence-corrected chi connectivity index (χ4v) is 3.87. The highest BCUT2D eigenvalue weighted by Gasteiger charge is 2.25. The van der Waals surface area contributed by atoms with Crippen LogP contribution in [0.15, 0.2) is 18.2 Å². The Morgan fingerprint density at radius 1 is 1.26 bits per heavy atom. The van der Waals surface area contributed by atoms with Gasteiger partial charge in [-0.05, 0) is 68.5 Å². The Hall–Kier alpha value is -1.50. The zero-order chi connectivity index (χ0) is 15.5. The zero-order valence-corrected chi connectivity index (χ0v) is 14.9. The van der Waals surface area contributed by atoms with Crippen molar-refractivity contribution >= 4 is 23.3 Å². The number of aromatic nitrogens is 1. The van der Waals surface area contributed by atoms with Gasteiger partial charge in [0.2, 0.25) is 0 Å². The molecule has 2 aromatic rings. The molecular weight excluding hydrogens is 306 g/mol. The van der Waals surface area contributed by atoms with Crippen LogP contribution < -0.4 is 0 Å². The Bertz CT molecular complexity index is 692. The molecule has 0 radical (unpaired) electrons. The Morgan fingerprint density at radius 2 is 2.00 bits per heavy atom. The molecule has 0 spiro atoms. The predicted molar refractivity (Wildman–Crippen MR) is 98.2 cm³/mol. The smallest absolute Gasteiger partial charge is 0.118 e. The molecule has 23 heavy (non-hydrogen) atoms. The maximum Gasteiger partial charge on any atom is 0.118 e. The maximum atomic E-state index is 9.13. The van der Waals surface area contributed by atoms with Crippen LogP contribution in [0.25, 0.3) is 10.9 Å². The van der Waals surface area contributed by atoms with Crippen molar-refractivity contribution in [1.29, 1.82) is 5.26 Å². The molecule has 4 heteroatoms. The van der Waals surface area contributed by atoms with Crippen molar-refractivity contribution in [3.05, 3.63) is 35.0 Å². The minimum Gasteiger partial charge on any atom is -0.346 e. The minimum atomic E-state index is 0. The first-order valence-electron chi connectivity index (χ1n) is 8.54. The van der Waals surface area contributed by atoms with Crippen LogP contribution in [0, 0.1) is 11.3 Å². The first-order chi connectivity index (χ1) is 10.8. The first kappa shape index (κ1) is 17.8. The van der Waals surface area contributed by atoms with E-state index in [9.17, 15) is 0 Å². The van der Waals surface area contributed by atoms with Crippen molar-refractivity contribution in [2.75, 3.05) is 13.1 Å². The van der Waals surface area contributed by atoms with Crippen LogP contribution in [0.2, 0.25) is 0 Å². The van der Waals surface area contributed by atoms with Crippen molar-refractivity contribution in [2.24, 2.45) is 0 Å². The SMILES string of the molecule is CCCN(CCC)[C@@H]1CCc2ccc3[nH]c(C#N)cc3c2C1.Cl. The van der Waals surface area contributed by atoms with E-state index < -0.39 is 0 Å². The van der Waals surface area contributed by atoms with E-state index in [-0.39, 0.29) is 12.4 Å². The molecule has 124 valence electrons. The van der Waals surface area contributed by atoms with Crippen LogP contribution in [0.3, 0.4) is 0 Å². The van der Waals surface area contributed by atoms with E-state index in [1.165, 1.54) is 48.9 Å². The number of aryl methyl sites for hydroxylation is 1. The highest BCUT2D eigenvalue weighted by atomic mass is 35.5. The van der Waals surface area contributed by atoms with Gasteiger partial charge in [-0.25, -0.2) is 0 Å². The number of rotatable bonds is 5. The van der Waals surface area contributed by atoms with Crippen molar-refractivity contribution in [1.82, 2.24) is 9.88 Å². The summed E-state index contributed by atoms with van der Waals surface area (Å²) in [7, 11) is 0. The summed E-state index contributed by atoms with van der Waals surface area (Å²) >= 11 is 0. The van der Waals surface area contributed by atoms with Gasteiger partial charge in [-0.3, -0.25) is 0 Å². The molecule has 0 unspecified atom stereocenters. The van der Waals surface area contributed by atoms with Gasteiger partial charge < -0.3 is 9.88 Å². The topological polar surface area (TPSA) is 42.8 Å². The third kappa shape index (κ3) is 3.54. The number of aromatic amines is 1. The normalized spacial score (nSPS) is 16.9. The number of hydrogen-bond acceptors (Lipinski definition) is 2. The van der Waals surface area contributed by atoms with E-state index in [1.807, 2.05) is 6.07 Å². The lowest BCUT2D eigenvalue weighted by atomic mass is 9.85. The van der Waals surface area contributed by atoms with Gasteiger partial charge in [0.25, 0.3) is 0 Å². The lowest BCUT2D eigenvalue weighted by molar-refractivity contribution is 0.180. The van der Waals surface area contributed by atoms with E-state index in [4.69, 9.17) is 5.26 Å². The lowest BCUT2D eigenvalue weighted by Gasteiger charge is -2.35. The molecule has 1 aromatic heterocycles. The number of halogens is 1. The van der Waals surface area contributed by atoms with Gasteiger partial charge in [0.1, 0.15) is 11.8 Å². The van der Waals surface area contributed by atoms with Crippen LogP contribution in [0.1, 0.15) is 49.9 Å². The number of hydrogen-bond donors (Lipinski definition) is 1. The Morgan fingerprint density at radius 3 is 2.65 bits per heavy atom. The third-order valence-electron chi connectivity index (χ3n) is 4.86. The second-order valence-electron chi connectivity index (χ2n) is 6.39. The monoisotopic (exact) mass is 331 g/mol. The van der Waals surface area contributed by atoms with E-state index in [0.717, 1.165) is 18.4 Å². The number of H-pyrrole nitrogens is 1. The Labute approximate surface area is 145 Å². The number of nitrogens with zero attached hydrogens (tertiary/aromatic N) is 2. The molecule has 3 nitrogen and oxygen atoms in total. The molecule has 0 fully saturated rings. The van der Waals surface area contributed by atoms with Crippen LogP contribution >= 0.6 is 12.4 Å². The molecule has 0 bridgehead atoms. The van der Waals surface area contributed by atoms with E-state index in [1.54, 1.807) is 0 Å². The Balaban J connectivity index is 0.00000192. The van der Waals surface area contributed by atoms with Gasteiger partial charge in [0, 0.05) is 16.9 Å². The summed E-state index contributed by atoms with van der Waals surface area (Å²) in [5.41, 5.74) is 4.71. The summed E-state index contributed by atoms with van der Waals surface area (Å²) < 4.78 is 0. The number of benzene rings is 1. The maximum absolute atomic E-state index is 9.13. The molecular formula is C19H26ClN3. The Kier molecular flexibility index (Phi) is 6.10. The summed E-state index contributed by atoms with van der Waals surface area (Å²) in [5, 5.41) is 10.4. The van der Waals surface area contributed by atoms with Crippen molar-refractivity contribution in [3.63, 3.8) is 0 Å². The zero-order valence-electron chi connectivity index (χ0n) is 14.1. The fourth-order valence-electron chi connectivity index (χ4n) is 3.87. The second kappa shape index (κ2) is 7.86. The number of nitrogens with one attached hydrogen (secondary N) is 1. The average molecular weight is 332 g/mol. The van der Waals surface area contributed by atoms with Gasteiger partial charge in [0.05, 0.1) is 0 Å². The van der Waals surface area contributed by atoms with Crippen molar-refractivity contribution in [3.8, 4) is 6.07 Å². The fraction of sp³-hybridized carbons (Fsp3) is 0.526. The molecule has 0 aliphatic heterocycles. The standard InChI is InChI=1S/C19H25N3.ClH/c1-3-9-22(10-4-2)16-7-5-14-6-8-19-18(17(14)12-16)11-15(13-20)21-19;/h6,8,11,16,21H,3-5,7,9-10,12H2,1-2H3;1H/t16-;/m1./s1. The molecule has 1 aromatic carbocycles. The predicted octanol–water partition coefficient (Wildman–Crippen LogP) is 4.44. The van der Waals surface area contributed by atoms with Gasteiger partial charge in [-0.15, -0.1) is 12.4 Å². The van der Waals surface area contributed by atoms with Crippen LogP contribution in [-0.4, -0.2) is 29.0 Å². The van der Waals surface area contributed by atoms with Crippen LogP contribution in [-0.2, 0) is 12.8 Å². The summed E-state index contributed by atoms with van der Waals surface area (Å²) in [4.78, 5) is 5.88. The van der Waals surface area contributed by atoms with Gasteiger partial charge in [-0.2, -0.15) is 5.26 Å². The van der Waals surface area contributed by atoms with E-state index >= 15 is 0 Å². The summed E-state index contributed by atoms with van der Waals surface area (Å²) in [6, 6.07) is 9.29. The summed E-state index contributed by atoms with van der Waals surface area (Å²) in [6.45, 7) is 6.92. The molecule has 0 saturated carbocycles. The van der Waals surface area contributed by atoms with Crippen molar-refractivity contribution in [2.45, 2.75) is 52.0 Å². The van der Waals surface area contributed by atoms with Crippen LogP contribution in [0.4, 0.5) is 0 Å². The lowest BCUT2D eigenvalue weighted by Crippen LogP contribution is -2.40. The first-order valence-corrected chi connectivity index (χ1v) is 8.54. The largest absolute Gasteiger partial charge is 0.346 e. The van der Waals surface area contributed by atoms with Crippen molar-refractivity contribution < 1.29 is 0 Å². The molecule has 1 aliphatic rings. The summed E-state index contributed by atoms with van der Waals surface area (Å²) in [6.07, 6.45) is 5.98. The quantitative estimate of drug-likeness (QED) is 0.880. The molecule has 0 amide bonds. The van der Waals surface area contributed by atoms with Gasteiger partial charge >= 0.3 is 0 Å². The molecule has 1 aliphatic carbocycles. The molecule has 1 heterocycles. The second-order valence-corrected chi connectivity index (χ2v) is 6.39. The molecule has 0 saturated heterocycles. The number of nitriles is 1. The minimum absolute atomic E-state index is 0.